The second kappa shape index (κ2) is 6.72. The third-order valence-corrected chi connectivity index (χ3v) is 3.35. The fourth-order valence-corrected chi connectivity index (χ4v) is 2.21. The van der Waals surface area contributed by atoms with Crippen molar-refractivity contribution in [1.29, 1.82) is 0 Å². The summed E-state index contributed by atoms with van der Waals surface area (Å²) in [6, 6.07) is 0.217. The molecule has 3 N–H and O–H groups in total. The van der Waals surface area contributed by atoms with Gasteiger partial charge in [0.15, 0.2) is 0 Å². The molecule has 1 amide bonds. The van der Waals surface area contributed by atoms with Crippen LogP contribution in [0, 0.1) is 0 Å². The standard InChI is InChI=1S/C10H16N4O3S/c11-5-9-13-14-10(17-9)18-6-8(15)12-7-1-3-16-4-2-7/h7H,1-6,11H2,(H,12,15). The van der Waals surface area contributed by atoms with Crippen molar-refractivity contribution in [3.8, 4) is 0 Å². The Bertz CT molecular complexity index is 392. The van der Waals surface area contributed by atoms with Gasteiger partial charge in [-0.3, -0.25) is 4.79 Å². The van der Waals surface area contributed by atoms with Gasteiger partial charge in [-0.25, -0.2) is 0 Å². The molecule has 8 heteroatoms. The zero-order chi connectivity index (χ0) is 12.8. The molecule has 0 spiro atoms. The number of thioether (sulfide) groups is 1. The third-order valence-electron chi connectivity index (χ3n) is 2.54. The molecule has 0 aromatic carbocycles. The minimum absolute atomic E-state index is 0.0283. The highest BCUT2D eigenvalue weighted by molar-refractivity contribution is 7.99. The Kier molecular flexibility index (Phi) is 4.97. The summed E-state index contributed by atoms with van der Waals surface area (Å²) in [6.45, 7) is 1.63. The van der Waals surface area contributed by atoms with Crippen LogP contribution < -0.4 is 11.1 Å². The summed E-state index contributed by atoms with van der Waals surface area (Å²) in [5.74, 6) is 0.616. The predicted octanol–water partition coefficient (Wildman–Crippen LogP) is -0.0844. The van der Waals surface area contributed by atoms with E-state index >= 15 is 0 Å². The van der Waals surface area contributed by atoms with Gasteiger partial charge >= 0.3 is 0 Å². The summed E-state index contributed by atoms with van der Waals surface area (Å²) in [7, 11) is 0. The van der Waals surface area contributed by atoms with Crippen LogP contribution in [0.4, 0.5) is 0 Å². The lowest BCUT2D eigenvalue weighted by molar-refractivity contribution is -0.119. The number of carbonyl (C=O) groups is 1. The van der Waals surface area contributed by atoms with Gasteiger partial charge in [0.25, 0.3) is 5.22 Å². The lowest BCUT2D eigenvalue weighted by Gasteiger charge is -2.22. The van der Waals surface area contributed by atoms with Crippen molar-refractivity contribution in [3.63, 3.8) is 0 Å². The third kappa shape index (κ3) is 3.97. The number of ether oxygens (including phenoxy) is 1. The Hall–Kier alpha value is -1.12. The van der Waals surface area contributed by atoms with Crippen LogP contribution in [0.3, 0.4) is 0 Å². The van der Waals surface area contributed by atoms with Crippen LogP contribution in [0.5, 0.6) is 0 Å². The van der Waals surface area contributed by atoms with E-state index in [1.165, 1.54) is 11.8 Å². The molecule has 1 aliphatic rings. The first-order valence-corrected chi connectivity index (χ1v) is 6.79. The van der Waals surface area contributed by atoms with Crippen molar-refractivity contribution in [2.45, 2.75) is 30.7 Å². The molecule has 1 saturated heterocycles. The van der Waals surface area contributed by atoms with E-state index in [2.05, 4.69) is 15.5 Å². The monoisotopic (exact) mass is 272 g/mol. The molecule has 0 radical (unpaired) electrons. The average molecular weight is 272 g/mol. The maximum atomic E-state index is 11.7. The fourth-order valence-electron chi connectivity index (χ4n) is 1.62. The molecule has 1 fully saturated rings. The minimum atomic E-state index is -0.0283. The maximum Gasteiger partial charge on any atom is 0.277 e. The van der Waals surface area contributed by atoms with E-state index in [-0.39, 0.29) is 24.2 Å². The molecule has 1 aromatic rings. The van der Waals surface area contributed by atoms with Crippen LogP contribution in [-0.4, -0.2) is 41.1 Å². The number of nitrogens with one attached hydrogen (secondary N) is 1. The SMILES string of the molecule is NCc1nnc(SCC(=O)NC2CCOCC2)o1. The van der Waals surface area contributed by atoms with Gasteiger partial charge < -0.3 is 20.2 Å². The number of aromatic nitrogens is 2. The second-order valence-corrected chi connectivity index (χ2v) is 4.84. The Morgan fingerprint density at radius 1 is 1.44 bits per heavy atom. The van der Waals surface area contributed by atoms with Gasteiger partial charge in [0.05, 0.1) is 12.3 Å². The normalized spacial score (nSPS) is 16.7. The smallest absolute Gasteiger partial charge is 0.277 e. The molecule has 100 valence electrons. The van der Waals surface area contributed by atoms with Gasteiger partial charge in [0.1, 0.15) is 0 Å². The summed E-state index contributed by atoms with van der Waals surface area (Å²) in [4.78, 5) is 11.7. The van der Waals surface area contributed by atoms with Gasteiger partial charge in [-0.1, -0.05) is 11.8 Å². The van der Waals surface area contributed by atoms with Crippen molar-refractivity contribution in [1.82, 2.24) is 15.5 Å². The van der Waals surface area contributed by atoms with Crippen LogP contribution >= 0.6 is 11.8 Å². The van der Waals surface area contributed by atoms with Gasteiger partial charge in [0, 0.05) is 19.3 Å². The topological polar surface area (TPSA) is 103 Å². The molecular weight excluding hydrogens is 256 g/mol. The molecule has 0 saturated carbocycles. The van der Waals surface area contributed by atoms with Crippen LogP contribution in [0.2, 0.25) is 0 Å². The van der Waals surface area contributed by atoms with Gasteiger partial charge in [0.2, 0.25) is 11.8 Å². The van der Waals surface area contributed by atoms with Crippen molar-refractivity contribution in [2.75, 3.05) is 19.0 Å². The average Bonchev–Trinajstić information content (AvgIpc) is 2.85. The molecule has 2 heterocycles. The largest absolute Gasteiger partial charge is 0.415 e. The lowest BCUT2D eigenvalue weighted by atomic mass is 10.1. The number of carbonyl (C=O) groups excluding carboxylic acids is 1. The molecule has 7 nitrogen and oxygen atoms in total. The highest BCUT2D eigenvalue weighted by atomic mass is 32.2. The van der Waals surface area contributed by atoms with Crippen molar-refractivity contribution >= 4 is 17.7 Å². The van der Waals surface area contributed by atoms with Gasteiger partial charge in [-0.15, -0.1) is 10.2 Å². The number of nitrogens with two attached hydrogens (primary N) is 1. The van der Waals surface area contributed by atoms with E-state index in [4.69, 9.17) is 14.9 Å². The van der Waals surface area contributed by atoms with E-state index in [0.29, 0.717) is 24.3 Å². The zero-order valence-corrected chi connectivity index (χ0v) is 10.7. The fraction of sp³-hybridized carbons (Fsp3) is 0.700. The van der Waals surface area contributed by atoms with E-state index in [9.17, 15) is 4.79 Å². The molecule has 1 aliphatic heterocycles. The van der Waals surface area contributed by atoms with Crippen LogP contribution in [0.25, 0.3) is 0 Å². The second-order valence-electron chi connectivity index (χ2n) is 3.91. The first-order chi connectivity index (χ1) is 8.78. The maximum absolute atomic E-state index is 11.7. The molecular formula is C10H16N4O3S. The number of nitrogens with zero attached hydrogens (tertiary/aromatic N) is 2. The number of rotatable bonds is 5. The molecule has 2 rings (SSSR count). The number of amides is 1. The summed E-state index contributed by atoms with van der Waals surface area (Å²) in [6.07, 6.45) is 1.74. The van der Waals surface area contributed by atoms with Crippen LogP contribution in [-0.2, 0) is 16.1 Å². The molecule has 0 bridgehead atoms. The van der Waals surface area contributed by atoms with Crippen molar-refractivity contribution < 1.29 is 13.9 Å². The Labute approximate surface area is 109 Å². The number of hydrogen-bond acceptors (Lipinski definition) is 7. The highest BCUT2D eigenvalue weighted by Gasteiger charge is 2.16. The Morgan fingerprint density at radius 3 is 2.89 bits per heavy atom. The molecule has 1 aromatic heterocycles. The summed E-state index contributed by atoms with van der Waals surface area (Å²) in [5, 5.41) is 10.8. The number of hydrogen-bond donors (Lipinski definition) is 2. The zero-order valence-electron chi connectivity index (χ0n) is 9.92. The highest BCUT2D eigenvalue weighted by Crippen LogP contribution is 2.15. The predicted molar refractivity (Wildman–Crippen MR) is 64.9 cm³/mol. The molecule has 0 aliphatic carbocycles. The summed E-state index contributed by atoms with van der Waals surface area (Å²) in [5.41, 5.74) is 5.35. The van der Waals surface area contributed by atoms with Crippen LogP contribution in [0.15, 0.2) is 9.64 Å². The van der Waals surface area contributed by atoms with Gasteiger partial charge in [-0.05, 0) is 12.8 Å². The first-order valence-electron chi connectivity index (χ1n) is 5.80. The first kappa shape index (κ1) is 13.3. The van der Waals surface area contributed by atoms with Crippen LogP contribution in [0.1, 0.15) is 18.7 Å². The van der Waals surface area contributed by atoms with E-state index in [1.54, 1.807) is 0 Å². The Morgan fingerprint density at radius 2 is 2.22 bits per heavy atom. The quantitative estimate of drug-likeness (QED) is 0.722. The van der Waals surface area contributed by atoms with E-state index in [1.807, 2.05) is 0 Å². The van der Waals surface area contributed by atoms with Crippen molar-refractivity contribution in [3.05, 3.63) is 5.89 Å². The summed E-state index contributed by atoms with van der Waals surface area (Å²) >= 11 is 1.21. The van der Waals surface area contributed by atoms with Crippen molar-refractivity contribution in [2.24, 2.45) is 5.73 Å². The Balaban J connectivity index is 1.70. The van der Waals surface area contributed by atoms with Gasteiger partial charge in [-0.2, -0.15) is 0 Å². The molecule has 0 atom stereocenters. The van der Waals surface area contributed by atoms with E-state index in [0.717, 1.165) is 12.8 Å². The minimum Gasteiger partial charge on any atom is -0.415 e. The summed E-state index contributed by atoms with van der Waals surface area (Å²) < 4.78 is 10.4. The molecule has 0 unspecified atom stereocenters. The lowest BCUT2D eigenvalue weighted by Crippen LogP contribution is -2.39. The van der Waals surface area contributed by atoms with E-state index < -0.39 is 0 Å². The molecule has 18 heavy (non-hydrogen) atoms.